The first-order valence-electron chi connectivity index (χ1n) is 3.78. The molecule has 1 heterocycles. The summed E-state index contributed by atoms with van der Waals surface area (Å²) in [6.45, 7) is 3.70. The first kappa shape index (κ1) is 9.99. The molecule has 0 saturated heterocycles. The lowest BCUT2D eigenvalue weighted by Crippen LogP contribution is -2.05. The van der Waals surface area contributed by atoms with Gasteiger partial charge in [0.25, 0.3) is 0 Å². The maximum atomic E-state index is 11.2. The molecule has 70 valence electrons. The third-order valence-corrected chi connectivity index (χ3v) is 2.11. The lowest BCUT2D eigenvalue weighted by molar-refractivity contribution is 0.0600. The topological polar surface area (TPSA) is 39.2 Å². The average Bonchev–Trinajstić information content (AvgIpc) is 2.10. The minimum Gasteiger partial charge on any atom is -0.465 e. The number of rotatable bonds is 1. The van der Waals surface area contributed by atoms with E-state index in [9.17, 15) is 4.79 Å². The number of esters is 1. The molecule has 1 rings (SSSR count). The van der Waals surface area contributed by atoms with Crippen LogP contribution in [-0.4, -0.2) is 18.1 Å². The van der Waals surface area contributed by atoms with Gasteiger partial charge in [-0.2, -0.15) is 0 Å². The van der Waals surface area contributed by atoms with Crippen LogP contribution in [0.3, 0.4) is 0 Å². The van der Waals surface area contributed by atoms with Crippen LogP contribution in [0.4, 0.5) is 0 Å². The minimum atomic E-state index is -0.458. The van der Waals surface area contributed by atoms with Gasteiger partial charge in [-0.25, -0.2) is 9.78 Å². The molecule has 0 amide bonds. The summed E-state index contributed by atoms with van der Waals surface area (Å²) in [6.07, 6.45) is 0. The van der Waals surface area contributed by atoms with Crippen molar-refractivity contribution in [2.75, 3.05) is 7.11 Å². The van der Waals surface area contributed by atoms with Crippen LogP contribution in [0.1, 0.15) is 21.6 Å². The second-order valence-electron chi connectivity index (χ2n) is 2.72. The molecule has 0 atom stereocenters. The van der Waals surface area contributed by atoms with Crippen LogP contribution >= 0.6 is 11.6 Å². The fraction of sp³-hybridized carbons (Fsp3) is 0.333. The van der Waals surface area contributed by atoms with E-state index in [-0.39, 0.29) is 5.15 Å². The molecule has 0 bridgehead atoms. The lowest BCUT2D eigenvalue weighted by Gasteiger charge is -2.04. The van der Waals surface area contributed by atoms with E-state index < -0.39 is 5.97 Å². The summed E-state index contributed by atoms with van der Waals surface area (Å²) in [6, 6.07) is 1.68. The van der Waals surface area contributed by atoms with Crippen molar-refractivity contribution >= 4 is 17.6 Å². The number of carbonyl (C=O) groups excluding carboxylic acids is 1. The summed E-state index contributed by atoms with van der Waals surface area (Å²) in [5.74, 6) is -0.458. The van der Waals surface area contributed by atoms with Gasteiger partial charge < -0.3 is 4.74 Å². The van der Waals surface area contributed by atoms with E-state index in [1.54, 1.807) is 6.07 Å². The van der Waals surface area contributed by atoms with Gasteiger partial charge >= 0.3 is 5.97 Å². The van der Waals surface area contributed by atoms with Crippen LogP contribution in [0.5, 0.6) is 0 Å². The Morgan fingerprint density at radius 3 is 2.69 bits per heavy atom. The fourth-order valence-corrected chi connectivity index (χ4v) is 1.19. The maximum Gasteiger partial charge on any atom is 0.341 e. The van der Waals surface area contributed by atoms with E-state index in [1.807, 2.05) is 13.8 Å². The van der Waals surface area contributed by atoms with Crippen LogP contribution in [0, 0.1) is 13.8 Å². The number of pyridine rings is 1. The van der Waals surface area contributed by atoms with Gasteiger partial charge in [0.15, 0.2) is 0 Å². The summed E-state index contributed by atoms with van der Waals surface area (Å²) in [5.41, 5.74) is 2.05. The van der Waals surface area contributed by atoms with Gasteiger partial charge in [-0.15, -0.1) is 0 Å². The lowest BCUT2D eigenvalue weighted by atomic mass is 10.2. The second-order valence-corrected chi connectivity index (χ2v) is 3.08. The molecule has 0 N–H and O–H groups in total. The van der Waals surface area contributed by atoms with Crippen molar-refractivity contribution in [2.24, 2.45) is 0 Å². The Balaban J connectivity index is 3.23. The summed E-state index contributed by atoms with van der Waals surface area (Å²) in [4.78, 5) is 15.2. The molecule has 0 spiro atoms. The molecule has 0 radical (unpaired) electrons. The van der Waals surface area contributed by atoms with Gasteiger partial charge in [-0.1, -0.05) is 11.6 Å². The van der Waals surface area contributed by atoms with E-state index in [4.69, 9.17) is 11.6 Å². The third kappa shape index (κ3) is 1.98. The molecular formula is C9H10ClNO2. The number of methoxy groups -OCH3 is 1. The Morgan fingerprint density at radius 2 is 2.15 bits per heavy atom. The average molecular weight is 200 g/mol. The minimum absolute atomic E-state index is 0.190. The number of halogens is 1. The summed E-state index contributed by atoms with van der Waals surface area (Å²) >= 11 is 5.76. The Bertz CT molecular complexity index is 350. The van der Waals surface area contributed by atoms with Crippen molar-refractivity contribution in [3.8, 4) is 0 Å². The van der Waals surface area contributed by atoms with Crippen LogP contribution < -0.4 is 0 Å². The first-order valence-corrected chi connectivity index (χ1v) is 4.16. The molecule has 1 aromatic heterocycles. The SMILES string of the molecule is COC(=O)c1cc(C)c(C)nc1Cl. The molecule has 1 aromatic rings. The van der Waals surface area contributed by atoms with E-state index in [2.05, 4.69) is 9.72 Å². The van der Waals surface area contributed by atoms with Crippen molar-refractivity contribution in [1.82, 2.24) is 4.98 Å². The molecular weight excluding hydrogens is 190 g/mol. The number of carbonyl (C=O) groups is 1. The van der Waals surface area contributed by atoms with Crippen LogP contribution in [0.25, 0.3) is 0 Å². The van der Waals surface area contributed by atoms with Gasteiger partial charge in [0.2, 0.25) is 0 Å². The molecule has 0 aliphatic rings. The predicted octanol–water partition coefficient (Wildman–Crippen LogP) is 2.14. The highest BCUT2D eigenvalue weighted by atomic mass is 35.5. The maximum absolute atomic E-state index is 11.2. The Kier molecular flexibility index (Phi) is 2.88. The summed E-state index contributed by atoms with van der Waals surface area (Å²) in [7, 11) is 1.31. The fourth-order valence-electron chi connectivity index (χ4n) is 0.929. The molecule has 3 nitrogen and oxygen atoms in total. The highest BCUT2D eigenvalue weighted by molar-refractivity contribution is 6.32. The van der Waals surface area contributed by atoms with Crippen LogP contribution in [-0.2, 0) is 4.74 Å². The Labute approximate surface area is 81.7 Å². The van der Waals surface area contributed by atoms with Crippen molar-refractivity contribution in [3.63, 3.8) is 0 Å². The molecule has 0 aliphatic heterocycles. The van der Waals surface area contributed by atoms with E-state index in [0.29, 0.717) is 5.56 Å². The first-order chi connectivity index (χ1) is 6.06. The van der Waals surface area contributed by atoms with Gasteiger partial charge in [0.1, 0.15) is 5.15 Å². The zero-order chi connectivity index (χ0) is 10.0. The Morgan fingerprint density at radius 1 is 1.54 bits per heavy atom. The number of nitrogens with zero attached hydrogens (tertiary/aromatic N) is 1. The van der Waals surface area contributed by atoms with E-state index in [1.165, 1.54) is 7.11 Å². The molecule has 0 aromatic carbocycles. The number of aryl methyl sites for hydroxylation is 2. The standard InChI is InChI=1S/C9H10ClNO2/c1-5-4-7(9(12)13-3)8(10)11-6(5)2/h4H,1-3H3. The second kappa shape index (κ2) is 3.75. The van der Waals surface area contributed by atoms with Crippen molar-refractivity contribution in [1.29, 1.82) is 0 Å². The van der Waals surface area contributed by atoms with Crippen LogP contribution in [0.15, 0.2) is 6.07 Å². The molecule has 0 unspecified atom stereocenters. The van der Waals surface area contributed by atoms with Crippen LogP contribution in [0.2, 0.25) is 5.15 Å². The normalized spacial score (nSPS) is 9.85. The highest BCUT2D eigenvalue weighted by Gasteiger charge is 2.12. The van der Waals surface area contributed by atoms with Crippen molar-refractivity contribution in [3.05, 3.63) is 28.0 Å². The van der Waals surface area contributed by atoms with E-state index in [0.717, 1.165) is 11.3 Å². The summed E-state index contributed by atoms with van der Waals surface area (Å²) < 4.78 is 4.55. The number of ether oxygens (including phenoxy) is 1. The Hall–Kier alpha value is -1.09. The number of aromatic nitrogens is 1. The third-order valence-electron chi connectivity index (χ3n) is 1.82. The molecule has 0 saturated carbocycles. The molecule has 0 fully saturated rings. The molecule has 0 aliphatic carbocycles. The van der Waals surface area contributed by atoms with Gasteiger partial charge in [-0.05, 0) is 25.5 Å². The highest BCUT2D eigenvalue weighted by Crippen LogP contribution is 2.17. The molecule has 13 heavy (non-hydrogen) atoms. The van der Waals surface area contributed by atoms with Gasteiger partial charge in [0, 0.05) is 5.69 Å². The van der Waals surface area contributed by atoms with Crippen molar-refractivity contribution in [2.45, 2.75) is 13.8 Å². The summed E-state index contributed by atoms with van der Waals surface area (Å²) in [5, 5.41) is 0.190. The van der Waals surface area contributed by atoms with Gasteiger partial charge in [-0.3, -0.25) is 0 Å². The number of hydrogen-bond acceptors (Lipinski definition) is 3. The number of hydrogen-bond donors (Lipinski definition) is 0. The largest absolute Gasteiger partial charge is 0.465 e. The zero-order valence-electron chi connectivity index (χ0n) is 7.72. The smallest absolute Gasteiger partial charge is 0.341 e. The monoisotopic (exact) mass is 199 g/mol. The van der Waals surface area contributed by atoms with E-state index >= 15 is 0 Å². The van der Waals surface area contributed by atoms with Gasteiger partial charge in [0.05, 0.1) is 12.7 Å². The zero-order valence-corrected chi connectivity index (χ0v) is 8.47. The molecule has 4 heteroatoms. The van der Waals surface area contributed by atoms with Crippen molar-refractivity contribution < 1.29 is 9.53 Å². The predicted molar refractivity (Wildman–Crippen MR) is 50.1 cm³/mol. The quantitative estimate of drug-likeness (QED) is 0.514.